The number of anilines is 1. The molecular weight excluding hydrogens is 318 g/mol. The van der Waals surface area contributed by atoms with Crippen molar-refractivity contribution in [2.24, 2.45) is 0 Å². The third kappa shape index (κ3) is 2.56. The van der Waals surface area contributed by atoms with Crippen molar-refractivity contribution in [3.63, 3.8) is 0 Å². The second kappa shape index (κ2) is 5.29. The van der Waals surface area contributed by atoms with Crippen LogP contribution in [0.15, 0.2) is 46.9 Å². The van der Waals surface area contributed by atoms with E-state index in [-0.39, 0.29) is 6.04 Å². The summed E-state index contributed by atoms with van der Waals surface area (Å²) in [6.45, 7) is 0. The van der Waals surface area contributed by atoms with Gasteiger partial charge in [-0.2, -0.15) is 0 Å². The standard InChI is InChI=1S/C16H14BrNO2/c17-12-5-6-14-10(8-12)4-7-15(14)18-13-3-1-2-11(9-13)16(19)20/h1-3,5-6,8-9,15,18H,4,7H2,(H,19,20). The molecule has 1 aliphatic carbocycles. The maximum atomic E-state index is 11.0. The first-order valence-electron chi connectivity index (χ1n) is 6.52. The number of hydrogen-bond donors (Lipinski definition) is 2. The van der Waals surface area contributed by atoms with E-state index in [0.717, 1.165) is 23.0 Å². The smallest absolute Gasteiger partial charge is 0.335 e. The lowest BCUT2D eigenvalue weighted by Gasteiger charge is -2.16. The average molecular weight is 332 g/mol. The van der Waals surface area contributed by atoms with Crippen molar-refractivity contribution in [2.75, 3.05) is 5.32 Å². The normalized spacial score (nSPS) is 16.8. The Morgan fingerprint density at radius 2 is 2.10 bits per heavy atom. The highest BCUT2D eigenvalue weighted by atomic mass is 79.9. The van der Waals surface area contributed by atoms with Crippen LogP contribution in [0.5, 0.6) is 0 Å². The van der Waals surface area contributed by atoms with Crippen molar-refractivity contribution in [1.29, 1.82) is 0 Å². The summed E-state index contributed by atoms with van der Waals surface area (Å²) in [4.78, 5) is 11.0. The molecule has 0 aliphatic heterocycles. The molecule has 0 saturated heterocycles. The predicted octanol–water partition coefficient (Wildman–Crippen LogP) is 4.25. The predicted molar refractivity (Wildman–Crippen MR) is 82.2 cm³/mol. The zero-order valence-electron chi connectivity index (χ0n) is 10.8. The molecule has 2 aromatic rings. The molecule has 2 aromatic carbocycles. The van der Waals surface area contributed by atoms with Gasteiger partial charge < -0.3 is 10.4 Å². The van der Waals surface area contributed by atoms with E-state index in [1.165, 1.54) is 11.1 Å². The molecule has 0 radical (unpaired) electrons. The van der Waals surface area contributed by atoms with Gasteiger partial charge in [0.25, 0.3) is 0 Å². The minimum Gasteiger partial charge on any atom is -0.478 e. The molecule has 0 bridgehead atoms. The number of nitrogens with one attached hydrogen (secondary N) is 1. The fraction of sp³-hybridized carbons (Fsp3) is 0.188. The van der Waals surface area contributed by atoms with Gasteiger partial charge in [0.05, 0.1) is 11.6 Å². The topological polar surface area (TPSA) is 49.3 Å². The molecule has 0 amide bonds. The van der Waals surface area contributed by atoms with Crippen LogP contribution in [0, 0.1) is 0 Å². The van der Waals surface area contributed by atoms with E-state index in [9.17, 15) is 4.79 Å². The molecular formula is C16H14BrNO2. The van der Waals surface area contributed by atoms with Crippen LogP contribution in [0.25, 0.3) is 0 Å². The summed E-state index contributed by atoms with van der Waals surface area (Å²) >= 11 is 3.49. The molecule has 0 heterocycles. The third-order valence-corrected chi connectivity index (χ3v) is 4.13. The zero-order valence-corrected chi connectivity index (χ0v) is 12.4. The van der Waals surface area contributed by atoms with Crippen LogP contribution in [0.3, 0.4) is 0 Å². The van der Waals surface area contributed by atoms with E-state index in [1.807, 2.05) is 12.1 Å². The van der Waals surface area contributed by atoms with Gasteiger partial charge in [-0.3, -0.25) is 0 Å². The van der Waals surface area contributed by atoms with Gasteiger partial charge in [-0.1, -0.05) is 28.1 Å². The Balaban J connectivity index is 1.84. The summed E-state index contributed by atoms with van der Waals surface area (Å²) in [5.41, 5.74) is 3.81. The lowest BCUT2D eigenvalue weighted by atomic mass is 10.1. The number of halogens is 1. The van der Waals surface area contributed by atoms with Gasteiger partial charge in [0.2, 0.25) is 0 Å². The minimum absolute atomic E-state index is 0.252. The fourth-order valence-corrected chi connectivity index (χ4v) is 3.09. The van der Waals surface area contributed by atoms with E-state index < -0.39 is 5.97 Å². The highest BCUT2D eigenvalue weighted by Gasteiger charge is 2.22. The van der Waals surface area contributed by atoms with Gasteiger partial charge in [0.1, 0.15) is 0 Å². The number of carbonyl (C=O) groups is 1. The number of fused-ring (bicyclic) bond motifs is 1. The van der Waals surface area contributed by atoms with Crippen molar-refractivity contribution in [1.82, 2.24) is 0 Å². The molecule has 20 heavy (non-hydrogen) atoms. The number of aryl methyl sites for hydroxylation is 1. The third-order valence-electron chi connectivity index (χ3n) is 3.63. The van der Waals surface area contributed by atoms with Crippen LogP contribution in [0.4, 0.5) is 5.69 Å². The lowest BCUT2D eigenvalue weighted by Crippen LogP contribution is -2.08. The largest absolute Gasteiger partial charge is 0.478 e. The Morgan fingerprint density at radius 1 is 1.25 bits per heavy atom. The number of carboxylic acids is 1. The van der Waals surface area contributed by atoms with Gasteiger partial charge in [0.15, 0.2) is 0 Å². The summed E-state index contributed by atoms with van der Waals surface area (Å²) in [6.07, 6.45) is 2.08. The molecule has 1 aliphatic rings. The highest BCUT2D eigenvalue weighted by Crippen LogP contribution is 2.35. The molecule has 102 valence electrons. The van der Waals surface area contributed by atoms with Gasteiger partial charge in [0, 0.05) is 10.2 Å². The van der Waals surface area contributed by atoms with Crippen molar-refractivity contribution >= 4 is 27.6 Å². The van der Waals surface area contributed by atoms with Crippen molar-refractivity contribution in [2.45, 2.75) is 18.9 Å². The Bertz CT molecular complexity index is 669. The SMILES string of the molecule is O=C(O)c1cccc(NC2CCc3cc(Br)ccc32)c1. The van der Waals surface area contributed by atoms with Gasteiger partial charge in [-0.15, -0.1) is 0 Å². The van der Waals surface area contributed by atoms with E-state index in [4.69, 9.17) is 5.11 Å². The van der Waals surface area contributed by atoms with Gasteiger partial charge >= 0.3 is 5.97 Å². The summed E-state index contributed by atoms with van der Waals surface area (Å²) in [7, 11) is 0. The Kier molecular flexibility index (Phi) is 3.49. The summed E-state index contributed by atoms with van der Waals surface area (Å²) in [6, 6.07) is 13.5. The number of aromatic carboxylic acids is 1. The minimum atomic E-state index is -0.899. The molecule has 2 N–H and O–H groups in total. The maximum Gasteiger partial charge on any atom is 0.335 e. The van der Waals surface area contributed by atoms with Crippen molar-refractivity contribution in [3.05, 3.63) is 63.6 Å². The first-order valence-corrected chi connectivity index (χ1v) is 7.31. The van der Waals surface area contributed by atoms with Crippen LogP contribution >= 0.6 is 15.9 Å². The molecule has 0 spiro atoms. The summed E-state index contributed by atoms with van der Waals surface area (Å²) < 4.78 is 1.10. The number of rotatable bonds is 3. The van der Waals surface area contributed by atoms with Crippen LogP contribution in [-0.4, -0.2) is 11.1 Å². The first kappa shape index (κ1) is 13.2. The monoisotopic (exact) mass is 331 g/mol. The quantitative estimate of drug-likeness (QED) is 0.884. The zero-order chi connectivity index (χ0) is 14.1. The number of carboxylic acid groups (broad SMARTS) is 1. The molecule has 0 fully saturated rings. The second-order valence-corrected chi connectivity index (χ2v) is 5.88. The van der Waals surface area contributed by atoms with Crippen LogP contribution in [-0.2, 0) is 6.42 Å². The van der Waals surface area contributed by atoms with Crippen LogP contribution in [0.1, 0.15) is 33.9 Å². The van der Waals surface area contributed by atoms with E-state index >= 15 is 0 Å². The van der Waals surface area contributed by atoms with Crippen molar-refractivity contribution < 1.29 is 9.90 Å². The van der Waals surface area contributed by atoms with E-state index in [2.05, 4.69) is 33.4 Å². The van der Waals surface area contributed by atoms with Crippen molar-refractivity contribution in [3.8, 4) is 0 Å². The number of benzene rings is 2. The lowest BCUT2D eigenvalue weighted by molar-refractivity contribution is 0.0697. The fourth-order valence-electron chi connectivity index (χ4n) is 2.68. The first-order chi connectivity index (χ1) is 9.63. The van der Waals surface area contributed by atoms with Gasteiger partial charge in [-0.25, -0.2) is 4.79 Å². The Morgan fingerprint density at radius 3 is 2.90 bits per heavy atom. The average Bonchev–Trinajstić information content (AvgIpc) is 2.81. The molecule has 3 rings (SSSR count). The molecule has 4 heteroatoms. The maximum absolute atomic E-state index is 11.0. The highest BCUT2D eigenvalue weighted by molar-refractivity contribution is 9.10. The Labute approximate surface area is 125 Å². The van der Waals surface area contributed by atoms with E-state index in [1.54, 1.807) is 18.2 Å². The second-order valence-electron chi connectivity index (χ2n) is 4.96. The molecule has 0 aromatic heterocycles. The van der Waals surface area contributed by atoms with Gasteiger partial charge in [-0.05, 0) is 54.3 Å². The van der Waals surface area contributed by atoms with Crippen LogP contribution < -0.4 is 5.32 Å². The summed E-state index contributed by atoms with van der Waals surface area (Å²) in [5, 5.41) is 12.5. The molecule has 1 unspecified atom stereocenters. The Hall–Kier alpha value is -1.81. The molecule has 3 nitrogen and oxygen atoms in total. The summed E-state index contributed by atoms with van der Waals surface area (Å²) in [5.74, 6) is -0.899. The number of hydrogen-bond acceptors (Lipinski definition) is 2. The van der Waals surface area contributed by atoms with Crippen LogP contribution in [0.2, 0.25) is 0 Å². The molecule has 0 saturated carbocycles. The molecule has 1 atom stereocenters. The van der Waals surface area contributed by atoms with E-state index in [0.29, 0.717) is 5.56 Å².